The SMILES string of the molecule is COC1CCCC(NCc2ncc[nH]2)C1. The Bertz CT molecular complexity index is 273. The highest BCUT2D eigenvalue weighted by atomic mass is 16.5. The lowest BCUT2D eigenvalue weighted by Crippen LogP contribution is -2.36. The van der Waals surface area contributed by atoms with Crippen LogP contribution in [0.2, 0.25) is 0 Å². The maximum absolute atomic E-state index is 5.39. The van der Waals surface area contributed by atoms with Crippen molar-refractivity contribution in [2.75, 3.05) is 7.11 Å². The standard InChI is InChI=1S/C11H19N3O/c1-15-10-4-2-3-9(7-10)14-8-11-12-5-6-13-11/h5-6,9-10,14H,2-4,7-8H2,1H3,(H,12,13). The first-order valence-electron chi connectivity index (χ1n) is 5.63. The third kappa shape index (κ3) is 3.04. The molecule has 0 aromatic carbocycles. The summed E-state index contributed by atoms with van der Waals surface area (Å²) in [5, 5.41) is 3.51. The highest BCUT2D eigenvalue weighted by Gasteiger charge is 2.21. The minimum atomic E-state index is 0.438. The highest BCUT2D eigenvalue weighted by Crippen LogP contribution is 2.20. The van der Waals surface area contributed by atoms with Gasteiger partial charge in [-0.2, -0.15) is 0 Å². The van der Waals surface area contributed by atoms with E-state index >= 15 is 0 Å². The molecule has 2 N–H and O–H groups in total. The van der Waals surface area contributed by atoms with Gasteiger partial charge in [0.25, 0.3) is 0 Å². The molecule has 1 saturated carbocycles. The lowest BCUT2D eigenvalue weighted by Gasteiger charge is -2.28. The van der Waals surface area contributed by atoms with Crippen LogP contribution in [0, 0.1) is 0 Å². The quantitative estimate of drug-likeness (QED) is 0.789. The van der Waals surface area contributed by atoms with E-state index in [-0.39, 0.29) is 0 Å². The first-order chi connectivity index (χ1) is 7.38. The van der Waals surface area contributed by atoms with E-state index in [1.54, 1.807) is 13.3 Å². The van der Waals surface area contributed by atoms with Crippen molar-refractivity contribution in [3.63, 3.8) is 0 Å². The largest absolute Gasteiger partial charge is 0.381 e. The zero-order valence-corrected chi connectivity index (χ0v) is 9.20. The minimum Gasteiger partial charge on any atom is -0.381 e. The first kappa shape index (κ1) is 10.6. The van der Waals surface area contributed by atoms with E-state index < -0.39 is 0 Å². The van der Waals surface area contributed by atoms with Crippen LogP contribution in [-0.2, 0) is 11.3 Å². The van der Waals surface area contributed by atoms with Crippen molar-refractivity contribution in [3.05, 3.63) is 18.2 Å². The van der Waals surface area contributed by atoms with Gasteiger partial charge in [0, 0.05) is 25.5 Å². The fourth-order valence-corrected chi connectivity index (χ4v) is 2.18. The van der Waals surface area contributed by atoms with Crippen LogP contribution in [0.15, 0.2) is 12.4 Å². The van der Waals surface area contributed by atoms with E-state index in [4.69, 9.17) is 4.74 Å². The van der Waals surface area contributed by atoms with E-state index in [0.717, 1.165) is 18.8 Å². The van der Waals surface area contributed by atoms with Crippen molar-refractivity contribution >= 4 is 0 Å². The van der Waals surface area contributed by atoms with Crippen LogP contribution in [0.25, 0.3) is 0 Å². The summed E-state index contributed by atoms with van der Waals surface area (Å²) in [7, 11) is 1.81. The Morgan fingerprint density at radius 2 is 2.53 bits per heavy atom. The zero-order valence-electron chi connectivity index (χ0n) is 9.20. The maximum atomic E-state index is 5.39. The summed E-state index contributed by atoms with van der Waals surface area (Å²) >= 11 is 0. The number of aromatic amines is 1. The molecule has 0 aliphatic heterocycles. The van der Waals surface area contributed by atoms with Crippen molar-refractivity contribution in [2.45, 2.75) is 44.4 Å². The van der Waals surface area contributed by atoms with E-state index in [1.165, 1.54) is 19.3 Å². The van der Waals surface area contributed by atoms with Gasteiger partial charge in [0.15, 0.2) is 0 Å². The molecule has 2 atom stereocenters. The van der Waals surface area contributed by atoms with Gasteiger partial charge in [0.05, 0.1) is 12.6 Å². The third-order valence-corrected chi connectivity index (χ3v) is 3.07. The molecule has 0 radical (unpaired) electrons. The topological polar surface area (TPSA) is 49.9 Å². The summed E-state index contributed by atoms with van der Waals surface area (Å²) < 4.78 is 5.39. The lowest BCUT2D eigenvalue weighted by molar-refractivity contribution is 0.0585. The van der Waals surface area contributed by atoms with Gasteiger partial charge in [-0.1, -0.05) is 0 Å². The smallest absolute Gasteiger partial charge is 0.120 e. The molecular weight excluding hydrogens is 190 g/mol. The molecule has 0 amide bonds. The monoisotopic (exact) mass is 209 g/mol. The molecule has 1 aromatic rings. The average Bonchev–Trinajstić information content (AvgIpc) is 2.79. The fraction of sp³-hybridized carbons (Fsp3) is 0.727. The predicted molar refractivity (Wildman–Crippen MR) is 58.5 cm³/mol. The number of methoxy groups -OCH3 is 1. The number of ether oxygens (including phenoxy) is 1. The molecule has 1 aliphatic rings. The predicted octanol–water partition coefficient (Wildman–Crippen LogP) is 1.46. The molecule has 2 unspecified atom stereocenters. The van der Waals surface area contributed by atoms with Crippen LogP contribution in [0.4, 0.5) is 0 Å². The lowest BCUT2D eigenvalue weighted by atomic mass is 9.93. The van der Waals surface area contributed by atoms with Gasteiger partial charge >= 0.3 is 0 Å². The Hall–Kier alpha value is -0.870. The van der Waals surface area contributed by atoms with Crippen LogP contribution in [0.3, 0.4) is 0 Å². The van der Waals surface area contributed by atoms with Gasteiger partial charge in [-0.3, -0.25) is 0 Å². The fourth-order valence-electron chi connectivity index (χ4n) is 2.18. The van der Waals surface area contributed by atoms with Gasteiger partial charge in [-0.25, -0.2) is 4.98 Å². The molecule has 2 rings (SSSR count). The molecule has 1 aromatic heterocycles. The molecule has 0 bridgehead atoms. The summed E-state index contributed by atoms with van der Waals surface area (Å²) in [4.78, 5) is 7.29. The van der Waals surface area contributed by atoms with Crippen molar-refractivity contribution in [3.8, 4) is 0 Å². The van der Waals surface area contributed by atoms with Crippen molar-refractivity contribution < 1.29 is 4.74 Å². The van der Waals surface area contributed by atoms with Crippen molar-refractivity contribution in [2.24, 2.45) is 0 Å². The number of hydrogen-bond donors (Lipinski definition) is 2. The molecular formula is C11H19N3O. The number of nitrogens with one attached hydrogen (secondary N) is 2. The summed E-state index contributed by atoms with van der Waals surface area (Å²) in [6, 6.07) is 0.578. The first-order valence-corrected chi connectivity index (χ1v) is 5.63. The second kappa shape index (κ2) is 5.28. The average molecular weight is 209 g/mol. The molecule has 1 aliphatic carbocycles. The number of H-pyrrole nitrogens is 1. The van der Waals surface area contributed by atoms with Gasteiger partial charge in [-0.15, -0.1) is 0 Å². The number of rotatable bonds is 4. The molecule has 15 heavy (non-hydrogen) atoms. The molecule has 0 spiro atoms. The summed E-state index contributed by atoms with van der Waals surface area (Å²) in [5.74, 6) is 1.01. The van der Waals surface area contributed by atoms with Crippen LogP contribution in [0.1, 0.15) is 31.5 Å². The van der Waals surface area contributed by atoms with Gasteiger partial charge in [0.1, 0.15) is 5.82 Å². The second-order valence-corrected chi connectivity index (χ2v) is 4.14. The molecule has 1 heterocycles. The number of aromatic nitrogens is 2. The zero-order chi connectivity index (χ0) is 10.5. The van der Waals surface area contributed by atoms with Crippen LogP contribution in [-0.4, -0.2) is 29.2 Å². The van der Waals surface area contributed by atoms with E-state index in [9.17, 15) is 0 Å². The normalized spacial score (nSPS) is 26.7. The second-order valence-electron chi connectivity index (χ2n) is 4.14. The molecule has 4 nitrogen and oxygen atoms in total. The summed E-state index contributed by atoms with van der Waals surface area (Å²) in [6.07, 6.45) is 8.92. The van der Waals surface area contributed by atoms with Gasteiger partial charge in [0.2, 0.25) is 0 Å². The number of imidazole rings is 1. The van der Waals surface area contributed by atoms with E-state index in [0.29, 0.717) is 12.1 Å². The molecule has 1 fully saturated rings. The van der Waals surface area contributed by atoms with Crippen molar-refractivity contribution in [1.82, 2.24) is 15.3 Å². The Morgan fingerprint density at radius 1 is 1.60 bits per heavy atom. The van der Waals surface area contributed by atoms with E-state index in [1.807, 2.05) is 6.20 Å². The third-order valence-electron chi connectivity index (χ3n) is 3.07. The van der Waals surface area contributed by atoms with Gasteiger partial charge < -0.3 is 15.0 Å². The van der Waals surface area contributed by atoms with Gasteiger partial charge in [-0.05, 0) is 25.7 Å². The van der Waals surface area contributed by atoms with E-state index in [2.05, 4.69) is 15.3 Å². The Kier molecular flexibility index (Phi) is 3.75. The molecule has 84 valence electrons. The summed E-state index contributed by atoms with van der Waals surface area (Å²) in [6.45, 7) is 0.827. The van der Waals surface area contributed by atoms with Crippen LogP contribution >= 0.6 is 0 Å². The van der Waals surface area contributed by atoms with Crippen molar-refractivity contribution in [1.29, 1.82) is 0 Å². The Balaban J connectivity index is 1.74. The molecule has 4 heteroatoms. The minimum absolute atomic E-state index is 0.438. The van der Waals surface area contributed by atoms with Crippen LogP contribution in [0.5, 0.6) is 0 Å². The Morgan fingerprint density at radius 3 is 3.27 bits per heavy atom. The summed E-state index contributed by atoms with van der Waals surface area (Å²) in [5.41, 5.74) is 0. The number of nitrogens with zero attached hydrogens (tertiary/aromatic N) is 1. The Labute approximate surface area is 90.4 Å². The highest BCUT2D eigenvalue weighted by molar-refractivity contribution is 4.88. The van der Waals surface area contributed by atoms with Crippen LogP contribution < -0.4 is 5.32 Å². The maximum Gasteiger partial charge on any atom is 0.120 e. The number of hydrogen-bond acceptors (Lipinski definition) is 3. The molecule has 0 saturated heterocycles.